The summed E-state index contributed by atoms with van der Waals surface area (Å²) in [5.74, 6) is -0.801. The fraction of sp³-hybridized carbons (Fsp3) is 0.111. The average molecular weight is 197 g/mol. The number of benzene rings is 1. The highest BCUT2D eigenvalue weighted by Crippen LogP contribution is 2.14. The van der Waals surface area contributed by atoms with Crippen molar-refractivity contribution in [2.45, 2.75) is 0 Å². The second-order valence-corrected chi connectivity index (χ2v) is 2.37. The Balaban J connectivity index is 2.56. The number of hydrogen-bond acceptors (Lipinski definition) is 3. The SMILES string of the molecule is O=CCNC(=O)Oc1ccccc1F. The van der Waals surface area contributed by atoms with E-state index in [1.807, 2.05) is 0 Å². The van der Waals surface area contributed by atoms with Crippen LogP contribution in [-0.4, -0.2) is 18.9 Å². The Bertz CT molecular complexity index is 341. The standard InChI is InChI=1S/C9H8FNO3/c10-7-3-1-2-4-8(7)14-9(13)11-5-6-12/h1-4,6H,5H2,(H,11,13). The van der Waals surface area contributed by atoms with E-state index in [-0.39, 0.29) is 12.3 Å². The number of amides is 1. The minimum atomic E-state index is -0.859. The normalized spacial score (nSPS) is 9.21. The van der Waals surface area contributed by atoms with Gasteiger partial charge in [0, 0.05) is 0 Å². The van der Waals surface area contributed by atoms with Crippen LogP contribution >= 0.6 is 0 Å². The van der Waals surface area contributed by atoms with Crippen LogP contribution in [0.3, 0.4) is 0 Å². The molecule has 0 aliphatic carbocycles. The Labute approximate surface area is 79.7 Å². The van der Waals surface area contributed by atoms with Gasteiger partial charge in [-0.2, -0.15) is 0 Å². The highest BCUT2D eigenvalue weighted by molar-refractivity contribution is 5.73. The van der Waals surface area contributed by atoms with E-state index in [1.54, 1.807) is 0 Å². The van der Waals surface area contributed by atoms with E-state index in [4.69, 9.17) is 0 Å². The predicted octanol–water partition coefficient (Wildman–Crippen LogP) is 1.11. The summed E-state index contributed by atoms with van der Waals surface area (Å²) in [5.41, 5.74) is 0. The van der Waals surface area contributed by atoms with Crippen LogP contribution in [-0.2, 0) is 4.79 Å². The van der Waals surface area contributed by atoms with Crippen molar-refractivity contribution in [2.75, 3.05) is 6.54 Å². The summed E-state index contributed by atoms with van der Waals surface area (Å²) in [6.07, 6.45) is -0.356. The molecule has 0 saturated carbocycles. The van der Waals surface area contributed by atoms with Gasteiger partial charge in [0.2, 0.25) is 0 Å². The van der Waals surface area contributed by atoms with E-state index < -0.39 is 11.9 Å². The molecule has 0 spiro atoms. The molecule has 1 amide bonds. The summed E-state index contributed by atoms with van der Waals surface area (Å²) in [6.45, 7) is -0.159. The molecule has 1 N–H and O–H groups in total. The monoisotopic (exact) mass is 197 g/mol. The van der Waals surface area contributed by atoms with Crippen LogP contribution < -0.4 is 10.1 Å². The average Bonchev–Trinajstić information content (AvgIpc) is 2.18. The molecule has 1 aromatic carbocycles. The molecule has 0 unspecified atom stereocenters. The number of para-hydroxylation sites is 1. The number of carbonyl (C=O) groups excluding carboxylic acids is 2. The molecule has 0 bridgehead atoms. The van der Waals surface area contributed by atoms with Crippen molar-refractivity contribution >= 4 is 12.4 Å². The van der Waals surface area contributed by atoms with Gasteiger partial charge >= 0.3 is 6.09 Å². The highest BCUT2D eigenvalue weighted by Gasteiger charge is 2.06. The lowest BCUT2D eigenvalue weighted by Crippen LogP contribution is -2.28. The summed E-state index contributed by atoms with van der Waals surface area (Å²) < 4.78 is 17.5. The van der Waals surface area contributed by atoms with Gasteiger partial charge < -0.3 is 14.8 Å². The number of ether oxygens (including phenoxy) is 1. The Morgan fingerprint density at radius 3 is 2.86 bits per heavy atom. The molecule has 74 valence electrons. The van der Waals surface area contributed by atoms with E-state index in [0.717, 1.165) is 0 Å². The van der Waals surface area contributed by atoms with Crippen molar-refractivity contribution in [3.8, 4) is 5.75 Å². The van der Waals surface area contributed by atoms with E-state index in [9.17, 15) is 14.0 Å². The van der Waals surface area contributed by atoms with Crippen LogP contribution in [0.2, 0.25) is 0 Å². The van der Waals surface area contributed by atoms with Gasteiger partial charge in [0.05, 0.1) is 6.54 Å². The lowest BCUT2D eigenvalue weighted by Gasteiger charge is -2.04. The zero-order valence-corrected chi connectivity index (χ0v) is 7.20. The lowest BCUT2D eigenvalue weighted by atomic mass is 10.3. The van der Waals surface area contributed by atoms with Crippen LogP contribution in [0.4, 0.5) is 9.18 Å². The van der Waals surface area contributed by atoms with E-state index in [2.05, 4.69) is 10.1 Å². The minimum Gasteiger partial charge on any atom is -0.407 e. The van der Waals surface area contributed by atoms with Gasteiger partial charge in [0.1, 0.15) is 6.29 Å². The second kappa shape index (κ2) is 4.96. The van der Waals surface area contributed by atoms with Crippen LogP contribution in [0.15, 0.2) is 24.3 Å². The number of nitrogens with one attached hydrogen (secondary N) is 1. The third kappa shape index (κ3) is 2.85. The topological polar surface area (TPSA) is 55.4 Å². The Hall–Kier alpha value is -1.91. The molecular formula is C9H8FNO3. The van der Waals surface area contributed by atoms with Crippen molar-refractivity contribution < 1.29 is 18.7 Å². The largest absolute Gasteiger partial charge is 0.413 e. The lowest BCUT2D eigenvalue weighted by molar-refractivity contribution is -0.107. The third-order valence-electron chi connectivity index (χ3n) is 1.37. The molecule has 0 fully saturated rings. The molecule has 1 rings (SSSR count). The molecule has 0 aliphatic heterocycles. The fourth-order valence-electron chi connectivity index (χ4n) is 0.788. The van der Waals surface area contributed by atoms with Crippen LogP contribution in [0.25, 0.3) is 0 Å². The van der Waals surface area contributed by atoms with Gasteiger partial charge in [-0.05, 0) is 12.1 Å². The van der Waals surface area contributed by atoms with Crippen molar-refractivity contribution in [3.63, 3.8) is 0 Å². The number of rotatable bonds is 3. The molecule has 0 heterocycles. The Kier molecular flexibility index (Phi) is 3.60. The van der Waals surface area contributed by atoms with Gasteiger partial charge in [-0.1, -0.05) is 12.1 Å². The van der Waals surface area contributed by atoms with E-state index in [1.165, 1.54) is 24.3 Å². The number of halogens is 1. The molecule has 1 aromatic rings. The van der Waals surface area contributed by atoms with Crippen molar-refractivity contribution in [1.82, 2.24) is 5.32 Å². The molecule has 0 atom stereocenters. The second-order valence-electron chi connectivity index (χ2n) is 2.37. The first-order valence-corrected chi connectivity index (χ1v) is 3.88. The van der Waals surface area contributed by atoms with Crippen LogP contribution in [0.1, 0.15) is 0 Å². The maximum atomic E-state index is 12.9. The zero-order valence-electron chi connectivity index (χ0n) is 7.20. The van der Waals surface area contributed by atoms with E-state index in [0.29, 0.717) is 6.29 Å². The molecule has 0 radical (unpaired) electrons. The highest BCUT2D eigenvalue weighted by atomic mass is 19.1. The van der Waals surface area contributed by atoms with Crippen molar-refractivity contribution in [2.24, 2.45) is 0 Å². The first-order chi connectivity index (χ1) is 6.74. The third-order valence-corrected chi connectivity index (χ3v) is 1.37. The molecule has 5 heteroatoms. The van der Waals surface area contributed by atoms with Crippen LogP contribution in [0, 0.1) is 5.82 Å². The molecule has 0 saturated heterocycles. The van der Waals surface area contributed by atoms with Crippen molar-refractivity contribution in [1.29, 1.82) is 0 Å². The van der Waals surface area contributed by atoms with Gasteiger partial charge in [0.15, 0.2) is 11.6 Å². The summed E-state index contributed by atoms with van der Waals surface area (Å²) in [4.78, 5) is 20.7. The summed E-state index contributed by atoms with van der Waals surface area (Å²) in [5, 5.41) is 2.11. The zero-order chi connectivity index (χ0) is 10.4. The van der Waals surface area contributed by atoms with Crippen LogP contribution in [0.5, 0.6) is 5.75 Å². The number of carbonyl (C=O) groups is 2. The first-order valence-electron chi connectivity index (χ1n) is 3.88. The van der Waals surface area contributed by atoms with Gasteiger partial charge in [0.25, 0.3) is 0 Å². The quantitative estimate of drug-likeness (QED) is 0.738. The number of aldehydes is 1. The smallest absolute Gasteiger partial charge is 0.407 e. The van der Waals surface area contributed by atoms with Gasteiger partial charge in [-0.15, -0.1) is 0 Å². The Morgan fingerprint density at radius 1 is 1.50 bits per heavy atom. The fourth-order valence-corrected chi connectivity index (χ4v) is 0.788. The summed E-state index contributed by atoms with van der Waals surface area (Å²) >= 11 is 0. The number of hydrogen-bond donors (Lipinski definition) is 1. The molecule has 4 nitrogen and oxygen atoms in total. The first kappa shape index (κ1) is 10.2. The van der Waals surface area contributed by atoms with Gasteiger partial charge in [-0.3, -0.25) is 0 Å². The minimum absolute atomic E-state index is 0.159. The maximum absolute atomic E-state index is 12.9. The maximum Gasteiger partial charge on any atom is 0.413 e. The summed E-state index contributed by atoms with van der Waals surface area (Å²) in [7, 11) is 0. The van der Waals surface area contributed by atoms with E-state index >= 15 is 0 Å². The molecule has 0 aliphatic rings. The van der Waals surface area contributed by atoms with Gasteiger partial charge in [-0.25, -0.2) is 9.18 Å². The molecular weight excluding hydrogens is 189 g/mol. The van der Waals surface area contributed by atoms with Crippen molar-refractivity contribution in [3.05, 3.63) is 30.1 Å². The molecule has 0 aromatic heterocycles. The predicted molar refractivity (Wildman–Crippen MR) is 46.5 cm³/mol. The summed E-state index contributed by atoms with van der Waals surface area (Å²) in [6, 6.07) is 5.50. The Morgan fingerprint density at radius 2 is 2.21 bits per heavy atom. The molecule has 14 heavy (non-hydrogen) atoms.